The van der Waals surface area contributed by atoms with Gasteiger partial charge in [-0.15, -0.1) is 0 Å². The van der Waals surface area contributed by atoms with Crippen LogP contribution in [0.1, 0.15) is 43.0 Å². The average Bonchev–Trinajstić information content (AvgIpc) is 3.41. The van der Waals surface area contributed by atoms with Crippen molar-refractivity contribution in [3.05, 3.63) is 28.8 Å². The third-order valence-electron chi connectivity index (χ3n) is 5.03. The van der Waals surface area contributed by atoms with Gasteiger partial charge in [0.15, 0.2) is 6.61 Å². The highest BCUT2D eigenvalue weighted by atomic mass is 35.5. The van der Waals surface area contributed by atoms with Gasteiger partial charge in [0.25, 0.3) is 5.91 Å². The molecule has 1 aliphatic carbocycles. The summed E-state index contributed by atoms with van der Waals surface area (Å²) in [5.41, 5.74) is -0.00469. The Hall–Kier alpha value is -1.68. The number of rotatable bonds is 9. The van der Waals surface area contributed by atoms with Crippen molar-refractivity contribution in [2.75, 3.05) is 19.8 Å². The van der Waals surface area contributed by atoms with E-state index in [4.69, 9.17) is 21.1 Å². The summed E-state index contributed by atoms with van der Waals surface area (Å²) in [6.45, 7) is 2.23. The van der Waals surface area contributed by atoms with Gasteiger partial charge in [0.2, 0.25) is 10.0 Å². The Kier molecular flexibility index (Phi) is 7.15. The quantitative estimate of drug-likeness (QED) is 0.562. The van der Waals surface area contributed by atoms with Crippen LogP contribution in [0.5, 0.6) is 0 Å². The predicted octanol–water partition coefficient (Wildman–Crippen LogP) is 1.87. The zero-order chi connectivity index (χ0) is 21.0. The second-order valence-electron chi connectivity index (χ2n) is 7.40. The Balaban J connectivity index is 1.59. The number of amides is 1. The van der Waals surface area contributed by atoms with Crippen molar-refractivity contribution in [2.45, 2.75) is 49.6 Å². The molecule has 0 bridgehead atoms. The summed E-state index contributed by atoms with van der Waals surface area (Å²) in [5, 5.41) is 2.77. The molecule has 2 atom stereocenters. The molecule has 2 N–H and O–H groups in total. The number of carbonyl (C=O) groups excluding carboxylic acids is 2. The lowest BCUT2D eigenvalue weighted by atomic mass is 10.2. The molecule has 2 fully saturated rings. The summed E-state index contributed by atoms with van der Waals surface area (Å²) in [6.07, 6.45) is 3.67. The molecule has 29 heavy (non-hydrogen) atoms. The van der Waals surface area contributed by atoms with E-state index < -0.39 is 28.5 Å². The van der Waals surface area contributed by atoms with Gasteiger partial charge in [-0.3, -0.25) is 4.79 Å². The fourth-order valence-electron chi connectivity index (χ4n) is 3.15. The van der Waals surface area contributed by atoms with Crippen molar-refractivity contribution in [2.24, 2.45) is 5.92 Å². The van der Waals surface area contributed by atoms with Gasteiger partial charge < -0.3 is 14.8 Å². The van der Waals surface area contributed by atoms with Gasteiger partial charge in [0.05, 0.1) is 16.7 Å². The molecule has 1 saturated heterocycles. The third kappa shape index (κ3) is 6.15. The maximum absolute atomic E-state index is 12.6. The number of esters is 1. The lowest BCUT2D eigenvalue weighted by molar-refractivity contribution is -0.124. The highest BCUT2D eigenvalue weighted by molar-refractivity contribution is 7.89. The molecule has 1 aromatic rings. The standard InChI is InChI=1S/C19H25ClN2O6S/c1-12(13-4-5-13)22-18(23)11-28-19(24)14-6-7-16(20)17(9-14)29(25,26)21-10-15-3-2-8-27-15/h6-7,9,12-13,15,21H,2-5,8,10-11H2,1H3,(H,22,23). The third-order valence-corrected chi connectivity index (χ3v) is 6.94. The topological polar surface area (TPSA) is 111 Å². The number of ether oxygens (including phenoxy) is 2. The normalized spacial score (nSPS) is 20.3. The van der Waals surface area contributed by atoms with Crippen molar-refractivity contribution < 1.29 is 27.5 Å². The van der Waals surface area contributed by atoms with E-state index in [0.717, 1.165) is 31.7 Å². The molecule has 1 aliphatic heterocycles. The molecule has 0 spiro atoms. The Morgan fingerprint density at radius 1 is 1.31 bits per heavy atom. The number of hydrogen-bond donors (Lipinski definition) is 2. The van der Waals surface area contributed by atoms with Gasteiger partial charge in [-0.25, -0.2) is 17.9 Å². The number of hydrogen-bond acceptors (Lipinski definition) is 6. The molecule has 160 valence electrons. The number of sulfonamides is 1. The largest absolute Gasteiger partial charge is 0.452 e. The highest BCUT2D eigenvalue weighted by Gasteiger charge is 2.29. The van der Waals surface area contributed by atoms with Crippen molar-refractivity contribution in [1.29, 1.82) is 0 Å². The van der Waals surface area contributed by atoms with Crippen molar-refractivity contribution in [3.63, 3.8) is 0 Å². The summed E-state index contributed by atoms with van der Waals surface area (Å²) in [6, 6.07) is 3.86. The number of carbonyl (C=O) groups is 2. The second kappa shape index (κ2) is 9.42. The molecule has 1 amide bonds. The monoisotopic (exact) mass is 444 g/mol. The van der Waals surface area contributed by atoms with Crippen LogP contribution in [0.2, 0.25) is 5.02 Å². The SMILES string of the molecule is CC(NC(=O)COC(=O)c1ccc(Cl)c(S(=O)(=O)NCC2CCCO2)c1)C1CC1. The molecule has 1 heterocycles. The minimum atomic E-state index is -3.93. The number of nitrogens with one attached hydrogen (secondary N) is 2. The van der Waals surface area contributed by atoms with Gasteiger partial charge in [0, 0.05) is 19.2 Å². The Bertz CT molecular complexity index is 865. The summed E-state index contributed by atoms with van der Waals surface area (Å²) >= 11 is 6.03. The fourth-order valence-corrected chi connectivity index (χ4v) is 4.74. The van der Waals surface area contributed by atoms with E-state index in [1.54, 1.807) is 0 Å². The van der Waals surface area contributed by atoms with Crippen molar-refractivity contribution in [1.82, 2.24) is 10.0 Å². The summed E-state index contributed by atoms with van der Waals surface area (Å²) in [5.74, 6) is -0.704. The maximum atomic E-state index is 12.6. The highest BCUT2D eigenvalue weighted by Crippen LogP contribution is 2.32. The summed E-state index contributed by atoms with van der Waals surface area (Å²) < 4.78 is 38.0. The van der Waals surface area contributed by atoms with Gasteiger partial charge in [0.1, 0.15) is 4.90 Å². The summed E-state index contributed by atoms with van der Waals surface area (Å²) in [4.78, 5) is 23.9. The molecule has 1 aromatic carbocycles. The lowest BCUT2D eigenvalue weighted by Crippen LogP contribution is -2.37. The Morgan fingerprint density at radius 3 is 2.72 bits per heavy atom. The van der Waals surface area contributed by atoms with Crippen LogP contribution in [0.3, 0.4) is 0 Å². The fraction of sp³-hybridized carbons (Fsp3) is 0.579. The minimum absolute atomic E-state index is 0.00469. The first kappa shape index (κ1) is 22.0. The van der Waals surface area contributed by atoms with E-state index in [9.17, 15) is 18.0 Å². The Labute approximate surface area is 175 Å². The van der Waals surface area contributed by atoms with E-state index in [-0.39, 0.29) is 34.2 Å². The van der Waals surface area contributed by atoms with Crippen LogP contribution < -0.4 is 10.0 Å². The zero-order valence-electron chi connectivity index (χ0n) is 16.1. The van der Waals surface area contributed by atoms with E-state index in [1.165, 1.54) is 12.1 Å². The first-order valence-electron chi connectivity index (χ1n) is 9.63. The zero-order valence-corrected chi connectivity index (χ0v) is 17.7. The molecule has 0 radical (unpaired) electrons. The van der Waals surface area contributed by atoms with Gasteiger partial charge in [-0.1, -0.05) is 11.6 Å². The maximum Gasteiger partial charge on any atom is 0.338 e. The van der Waals surface area contributed by atoms with Gasteiger partial charge >= 0.3 is 5.97 Å². The first-order valence-corrected chi connectivity index (χ1v) is 11.5. The molecular weight excluding hydrogens is 420 g/mol. The molecule has 10 heteroatoms. The van der Waals surface area contributed by atoms with Gasteiger partial charge in [-0.05, 0) is 56.7 Å². The lowest BCUT2D eigenvalue weighted by Gasteiger charge is -2.14. The van der Waals surface area contributed by atoms with E-state index in [1.807, 2.05) is 6.92 Å². The predicted molar refractivity (Wildman–Crippen MR) is 106 cm³/mol. The van der Waals surface area contributed by atoms with Crippen molar-refractivity contribution in [3.8, 4) is 0 Å². The second-order valence-corrected chi connectivity index (χ2v) is 9.54. The molecule has 2 aliphatic rings. The molecule has 0 aromatic heterocycles. The smallest absolute Gasteiger partial charge is 0.338 e. The van der Waals surface area contributed by atoms with Crippen LogP contribution in [0.15, 0.2) is 23.1 Å². The van der Waals surface area contributed by atoms with Gasteiger partial charge in [-0.2, -0.15) is 0 Å². The van der Waals surface area contributed by atoms with E-state index >= 15 is 0 Å². The van der Waals surface area contributed by atoms with E-state index in [0.29, 0.717) is 12.5 Å². The van der Waals surface area contributed by atoms with Crippen LogP contribution in [-0.2, 0) is 24.3 Å². The van der Waals surface area contributed by atoms with Crippen LogP contribution >= 0.6 is 11.6 Å². The number of halogens is 1. The van der Waals surface area contributed by atoms with Crippen LogP contribution in [-0.4, -0.2) is 52.2 Å². The molecule has 2 unspecified atom stereocenters. The molecule has 1 saturated carbocycles. The van der Waals surface area contributed by atoms with Crippen LogP contribution in [0.4, 0.5) is 0 Å². The van der Waals surface area contributed by atoms with Crippen LogP contribution in [0, 0.1) is 5.92 Å². The van der Waals surface area contributed by atoms with E-state index in [2.05, 4.69) is 10.0 Å². The molecule has 3 rings (SSSR count). The van der Waals surface area contributed by atoms with Crippen molar-refractivity contribution >= 4 is 33.5 Å². The molecular formula is C19H25ClN2O6S. The summed E-state index contributed by atoms with van der Waals surface area (Å²) in [7, 11) is -3.93. The minimum Gasteiger partial charge on any atom is -0.452 e. The molecule has 8 nitrogen and oxygen atoms in total. The Morgan fingerprint density at radius 2 is 2.07 bits per heavy atom. The first-order chi connectivity index (χ1) is 13.8. The number of benzene rings is 1. The average molecular weight is 445 g/mol. The van der Waals surface area contributed by atoms with Crippen LogP contribution in [0.25, 0.3) is 0 Å².